The van der Waals surface area contributed by atoms with Gasteiger partial charge >= 0.3 is 0 Å². The lowest BCUT2D eigenvalue weighted by Crippen LogP contribution is -2.31. The zero-order valence-corrected chi connectivity index (χ0v) is 12.4. The van der Waals surface area contributed by atoms with Crippen LogP contribution < -0.4 is 0 Å². The van der Waals surface area contributed by atoms with Crippen molar-refractivity contribution in [2.75, 3.05) is 6.54 Å². The number of rotatable bonds is 3. The monoisotopic (exact) mass is 310 g/mol. The summed E-state index contributed by atoms with van der Waals surface area (Å²) < 4.78 is 18.2. The lowest BCUT2D eigenvalue weighted by Gasteiger charge is -2.27. The molecule has 0 saturated heterocycles. The maximum absolute atomic E-state index is 12.9. The van der Waals surface area contributed by atoms with Crippen LogP contribution in [-0.2, 0) is 19.5 Å². The van der Waals surface area contributed by atoms with E-state index in [0.29, 0.717) is 11.6 Å². The van der Waals surface area contributed by atoms with Gasteiger partial charge in [-0.3, -0.25) is 4.90 Å². The van der Waals surface area contributed by atoms with E-state index >= 15 is 0 Å². The van der Waals surface area contributed by atoms with Gasteiger partial charge in [0.2, 0.25) is 5.95 Å². The van der Waals surface area contributed by atoms with Crippen molar-refractivity contribution in [2.45, 2.75) is 19.5 Å². The predicted octanol–water partition coefficient (Wildman–Crippen LogP) is 2.83. The minimum atomic E-state index is -0.448. The molecule has 6 heteroatoms. The van der Waals surface area contributed by atoms with E-state index in [0.717, 1.165) is 42.9 Å². The molecule has 116 valence electrons. The van der Waals surface area contributed by atoms with Gasteiger partial charge in [-0.15, -0.1) is 0 Å². The summed E-state index contributed by atoms with van der Waals surface area (Å²) >= 11 is 0. The van der Waals surface area contributed by atoms with Gasteiger partial charge in [0.05, 0.1) is 12.0 Å². The molecule has 0 fully saturated rings. The van der Waals surface area contributed by atoms with E-state index in [2.05, 4.69) is 19.9 Å². The van der Waals surface area contributed by atoms with Gasteiger partial charge in [0.1, 0.15) is 0 Å². The van der Waals surface area contributed by atoms with Crippen molar-refractivity contribution in [1.82, 2.24) is 19.9 Å². The molecule has 3 aromatic heterocycles. The standard InChI is InChI=1S/C17H15FN4O/c18-16-4-3-12(8-19-16)10-22-6-5-14-13(11-22)9-20-17(21-14)15-2-1-7-23-15/h1-4,7-9H,5-6,10-11H2. The molecule has 0 aliphatic carbocycles. The lowest BCUT2D eigenvalue weighted by atomic mass is 10.1. The number of aromatic nitrogens is 3. The first-order valence-corrected chi connectivity index (χ1v) is 7.49. The predicted molar refractivity (Wildman–Crippen MR) is 81.7 cm³/mol. The van der Waals surface area contributed by atoms with Crippen molar-refractivity contribution in [3.63, 3.8) is 0 Å². The first-order chi connectivity index (χ1) is 11.3. The third-order valence-corrected chi connectivity index (χ3v) is 3.95. The van der Waals surface area contributed by atoms with Crippen LogP contribution in [-0.4, -0.2) is 26.4 Å². The van der Waals surface area contributed by atoms with Gasteiger partial charge in [0.25, 0.3) is 0 Å². The Bertz CT molecular complexity index is 802. The first kappa shape index (κ1) is 14.0. The number of nitrogens with zero attached hydrogens (tertiary/aromatic N) is 4. The molecule has 3 aromatic rings. The minimum absolute atomic E-state index is 0.448. The van der Waals surface area contributed by atoms with E-state index in [1.165, 1.54) is 6.07 Å². The molecule has 5 nitrogen and oxygen atoms in total. The van der Waals surface area contributed by atoms with E-state index in [9.17, 15) is 4.39 Å². The zero-order valence-electron chi connectivity index (χ0n) is 12.4. The lowest BCUT2D eigenvalue weighted by molar-refractivity contribution is 0.242. The van der Waals surface area contributed by atoms with Gasteiger partial charge in [-0.25, -0.2) is 15.0 Å². The molecule has 0 unspecified atom stereocenters. The second-order valence-electron chi connectivity index (χ2n) is 5.59. The number of furan rings is 1. The second kappa shape index (κ2) is 5.89. The summed E-state index contributed by atoms with van der Waals surface area (Å²) in [6.07, 6.45) is 5.94. The van der Waals surface area contributed by atoms with Gasteiger partial charge in [-0.2, -0.15) is 4.39 Å². The first-order valence-electron chi connectivity index (χ1n) is 7.49. The Balaban J connectivity index is 1.50. The Hall–Kier alpha value is -2.60. The Morgan fingerprint density at radius 2 is 2.13 bits per heavy atom. The number of pyridine rings is 1. The van der Waals surface area contributed by atoms with Gasteiger partial charge in [-0.05, 0) is 23.8 Å². The minimum Gasteiger partial charge on any atom is -0.461 e. The third kappa shape index (κ3) is 2.98. The van der Waals surface area contributed by atoms with Crippen LogP contribution >= 0.6 is 0 Å². The van der Waals surface area contributed by atoms with Crippen LogP contribution in [0.2, 0.25) is 0 Å². The quantitative estimate of drug-likeness (QED) is 0.696. The van der Waals surface area contributed by atoms with Crippen LogP contribution in [0.15, 0.2) is 47.3 Å². The SMILES string of the molecule is Fc1ccc(CN2CCc3nc(-c4ccco4)ncc3C2)cn1. The topological polar surface area (TPSA) is 55.1 Å². The van der Waals surface area contributed by atoms with Crippen LogP contribution in [0.25, 0.3) is 11.6 Å². The van der Waals surface area contributed by atoms with Crippen LogP contribution in [0.1, 0.15) is 16.8 Å². The van der Waals surface area contributed by atoms with Gasteiger partial charge in [0.15, 0.2) is 11.6 Å². The molecule has 0 atom stereocenters. The number of hydrogen-bond donors (Lipinski definition) is 0. The zero-order chi connectivity index (χ0) is 15.6. The van der Waals surface area contributed by atoms with Crippen molar-refractivity contribution in [2.24, 2.45) is 0 Å². The van der Waals surface area contributed by atoms with Gasteiger partial charge in [0, 0.05) is 44.0 Å². The summed E-state index contributed by atoms with van der Waals surface area (Å²) in [6, 6.07) is 6.86. The molecule has 1 aliphatic rings. The highest BCUT2D eigenvalue weighted by Crippen LogP contribution is 2.22. The summed E-state index contributed by atoms with van der Waals surface area (Å²) in [5, 5.41) is 0. The fourth-order valence-corrected chi connectivity index (χ4v) is 2.79. The fraction of sp³-hybridized carbons (Fsp3) is 0.235. The molecule has 1 aliphatic heterocycles. The van der Waals surface area contributed by atoms with E-state index in [1.54, 1.807) is 18.5 Å². The molecule has 4 rings (SSSR count). The fourth-order valence-electron chi connectivity index (χ4n) is 2.79. The highest BCUT2D eigenvalue weighted by Gasteiger charge is 2.19. The molecule has 4 heterocycles. The van der Waals surface area contributed by atoms with E-state index in [-0.39, 0.29) is 0 Å². The van der Waals surface area contributed by atoms with Crippen molar-refractivity contribution in [3.8, 4) is 11.6 Å². The molecule has 0 amide bonds. The van der Waals surface area contributed by atoms with Crippen LogP contribution in [0, 0.1) is 5.95 Å². The van der Waals surface area contributed by atoms with Crippen molar-refractivity contribution < 1.29 is 8.81 Å². The molecule has 0 aromatic carbocycles. The van der Waals surface area contributed by atoms with Crippen LogP contribution in [0.4, 0.5) is 4.39 Å². The van der Waals surface area contributed by atoms with Gasteiger partial charge in [-0.1, -0.05) is 6.07 Å². The largest absolute Gasteiger partial charge is 0.461 e. The maximum atomic E-state index is 12.9. The van der Waals surface area contributed by atoms with Crippen molar-refractivity contribution in [1.29, 1.82) is 0 Å². The smallest absolute Gasteiger partial charge is 0.212 e. The molecule has 0 N–H and O–H groups in total. The van der Waals surface area contributed by atoms with E-state index in [1.807, 2.05) is 18.3 Å². The van der Waals surface area contributed by atoms with Crippen LogP contribution in [0.5, 0.6) is 0 Å². The number of halogens is 1. The third-order valence-electron chi connectivity index (χ3n) is 3.95. The van der Waals surface area contributed by atoms with E-state index in [4.69, 9.17) is 4.42 Å². The van der Waals surface area contributed by atoms with Crippen molar-refractivity contribution >= 4 is 0 Å². The molecule has 23 heavy (non-hydrogen) atoms. The average Bonchev–Trinajstić information content (AvgIpc) is 3.11. The molecule has 0 radical (unpaired) electrons. The van der Waals surface area contributed by atoms with Gasteiger partial charge < -0.3 is 4.42 Å². The average molecular weight is 310 g/mol. The molecule has 0 spiro atoms. The summed E-state index contributed by atoms with van der Waals surface area (Å²) in [6.45, 7) is 2.43. The summed E-state index contributed by atoms with van der Waals surface area (Å²) in [7, 11) is 0. The number of hydrogen-bond acceptors (Lipinski definition) is 5. The van der Waals surface area contributed by atoms with Crippen LogP contribution in [0.3, 0.4) is 0 Å². The Kier molecular flexibility index (Phi) is 3.59. The molecule has 0 saturated carbocycles. The Morgan fingerprint density at radius 1 is 1.17 bits per heavy atom. The normalized spacial score (nSPS) is 14.7. The Morgan fingerprint density at radius 3 is 2.91 bits per heavy atom. The van der Waals surface area contributed by atoms with Crippen molar-refractivity contribution in [3.05, 3.63) is 65.7 Å². The highest BCUT2D eigenvalue weighted by molar-refractivity contribution is 5.46. The summed E-state index contributed by atoms with van der Waals surface area (Å²) in [4.78, 5) is 15.0. The maximum Gasteiger partial charge on any atom is 0.212 e. The summed E-state index contributed by atoms with van der Waals surface area (Å²) in [5.41, 5.74) is 3.20. The molecular formula is C17H15FN4O. The molecular weight excluding hydrogens is 295 g/mol. The summed E-state index contributed by atoms with van der Waals surface area (Å²) in [5.74, 6) is 0.870. The number of fused-ring (bicyclic) bond motifs is 1. The second-order valence-corrected chi connectivity index (χ2v) is 5.59. The molecule has 0 bridgehead atoms. The van der Waals surface area contributed by atoms with E-state index < -0.39 is 5.95 Å². The highest BCUT2D eigenvalue weighted by atomic mass is 19.1. The Labute approximate surface area is 132 Å².